The van der Waals surface area contributed by atoms with Crippen LogP contribution in [-0.4, -0.2) is 34.8 Å². The van der Waals surface area contributed by atoms with Gasteiger partial charge in [0.25, 0.3) is 5.91 Å². The van der Waals surface area contributed by atoms with Crippen LogP contribution in [0.3, 0.4) is 0 Å². The highest BCUT2D eigenvalue weighted by Gasteiger charge is 2.51. The molecule has 2 aliphatic rings. The van der Waals surface area contributed by atoms with Crippen LogP contribution in [-0.2, 0) is 9.59 Å². The third-order valence-electron chi connectivity index (χ3n) is 4.93. The van der Waals surface area contributed by atoms with Gasteiger partial charge in [-0.15, -0.1) is 0 Å². The second-order valence-corrected chi connectivity index (χ2v) is 6.66. The fourth-order valence-electron chi connectivity index (χ4n) is 3.57. The quantitative estimate of drug-likeness (QED) is 0.831. The van der Waals surface area contributed by atoms with Gasteiger partial charge in [-0.2, -0.15) is 0 Å². The first-order valence-electron chi connectivity index (χ1n) is 8.50. The van der Waals surface area contributed by atoms with Gasteiger partial charge in [-0.3, -0.25) is 14.5 Å². The molecule has 0 bridgehead atoms. The maximum atomic E-state index is 12.6. The number of nitrogens with zero attached hydrogens (tertiary/aromatic N) is 1. The zero-order valence-corrected chi connectivity index (χ0v) is 13.9. The molecule has 1 aromatic carbocycles. The van der Waals surface area contributed by atoms with Crippen LogP contribution in [0.5, 0.6) is 0 Å². The van der Waals surface area contributed by atoms with Crippen molar-refractivity contribution in [1.82, 2.24) is 15.5 Å². The van der Waals surface area contributed by atoms with Gasteiger partial charge >= 0.3 is 6.03 Å². The van der Waals surface area contributed by atoms with E-state index in [1.54, 1.807) is 0 Å². The summed E-state index contributed by atoms with van der Waals surface area (Å²) in [5.74, 6) is -0.586. The van der Waals surface area contributed by atoms with Crippen molar-refractivity contribution < 1.29 is 14.4 Å². The van der Waals surface area contributed by atoms with Crippen molar-refractivity contribution in [1.29, 1.82) is 0 Å². The number of urea groups is 1. The van der Waals surface area contributed by atoms with Crippen LogP contribution in [0.2, 0.25) is 0 Å². The van der Waals surface area contributed by atoms with E-state index >= 15 is 0 Å². The van der Waals surface area contributed by atoms with Gasteiger partial charge in [0.2, 0.25) is 5.91 Å². The third-order valence-corrected chi connectivity index (χ3v) is 4.93. The van der Waals surface area contributed by atoms with Gasteiger partial charge in [-0.1, -0.05) is 49.6 Å². The lowest BCUT2D eigenvalue weighted by Crippen LogP contribution is -2.49. The van der Waals surface area contributed by atoms with E-state index < -0.39 is 11.6 Å². The molecule has 0 radical (unpaired) electrons. The van der Waals surface area contributed by atoms with Gasteiger partial charge in [0.15, 0.2) is 0 Å². The van der Waals surface area contributed by atoms with E-state index in [1.165, 1.54) is 0 Å². The van der Waals surface area contributed by atoms with Crippen molar-refractivity contribution in [3.63, 3.8) is 0 Å². The van der Waals surface area contributed by atoms with E-state index in [2.05, 4.69) is 10.6 Å². The molecule has 2 N–H and O–H groups in total. The maximum absolute atomic E-state index is 12.6. The first kappa shape index (κ1) is 16.5. The van der Waals surface area contributed by atoms with E-state index in [-0.39, 0.29) is 24.4 Å². The Hall–Kier alpha value is -2.37. The summed E-state index contributed by atoms with van der Waals surface area (Å²) < 4.78 is 0. The van der Waals surface area contributed by atoms with E-state index in [4.69, 9.17) is 0 Å². The van der Waals surface area contributed by atoms with Gasteiger partial charge in [0.05, 0.1) is 6.04 Å². The predicted molar refractivity (Wildman–Crippen MR) is 89.1 cm³/mol. The fraction of sp³-hybridized carbons (Fsp3) is 0.500. The summed E-state index contributed by atoms with van der Waals surface area (Å²) in [6, 6.07) is 8.94. The SMILES string of the molecule is C[C@H](NC(=O)CN1C(=O)NC2(CCCCC2)C1=O)c1ccccc1. The molecule has 24 heavy (non-hydrogen) atoms. The number of amides is 4. The van der Waals surface area contributed by atoms with Gasteiger partial charge in [0, 0.05) is 0 Å². The van der Waals surface area contributed by atoms with Crippen molar-refractivity contribution in [3.05, 3.63) is 35.9 Å². The first-order valence-corrected chi connectivity index (χ1v) is 8.50. The molecule has 1 saturated heterocycles. The van der Waals surface area contributed by atoms with E-state index in [0.717, 1.165) is 29.7 Å². The monoisotopic (exact) mass is 329 g/mol. The van der Waals surface area contributed by atoms with Crippen LogP contribution in [0.1, 0.15) is 50.6 Å². The fourth-order valence-corrected chi connectivity index (χ4v) is 3.57. The zero-order valence-electron chi connectivity index (χ0n) is 13.9. The number of nitrogens with one attached hydrogen (secondary N) is 2. The Morgan fingerprint density at radius 1 is 1.21 bits per heavy atom. The average Bonchev–Trinajstić information content (AvgIpc) is 2.80. The summed E-state index contributed by atoms with van der Waals surface area (Å²) in [5, 5.41) is 5.66. The van der Waals surface area contributed by atoms with Gasteiger partial charge in [0.1, 0.15) is 12.1 Å². The first-order chi connectivity index (χ1) is 11.5. The number of carbonyl (C=O) groups is 3. The predicted octanol–water partition coefficient (Wildman–Crippen LogP) is 2.12. The van der Waals surface area contributed by atoms with E-state index in [0.29, 0.717) is 12.8 Å². The summed E-state index contributed by atoms with van der Waals surface area (Å²) in [7, 11) is 0. The molecule has 1 aliphatic heterocycles. The lowest BCUT2D eigenvalue weighted by atomic mass is 9.82. The van der Waals surface area contributed by atoms with Crippen LogP contribution in [0.25, 0.3) is 0 Å². The number of hydrogen-bond donors (Lipinski definition) is 2. The topological polar surface area (TPSA) is 78.5 Å². The zero-order chi connectivity index (χ0) is 17.2. The molecular formula is C18H23N3O3. The van der Waals surface area contributed by atoms with Crippen LogP contribution < -0.4 is 10.6 Å². The van der Waals surface area contributed by atoms with Crippen molar-refractivity contribution in [2.24, 2.45) is 0 Å². The third kappa shape index (κ3) is 3.13. The minimum absolute atomic E-state index is 0.178. The summed E-state index contributed by atoms with van der Waals surface area (Å²) in [6.07, 6.45) is 4.26. The Balaban J connectivity index is 1.62. The number of hydrogen-bond acceptors (Lipinski definition) is 3. The smallest absolute Gasteiger partial charge is 0.325 e. The van der Waals surface area contributed by atoms with E-state index in [9.17, 15) is 14.4 Å². The average molecular weight is 329 g/mol. The summed E-state index contributed by atoms with van der Waals surface area (Å²) in [4.78, 5) is 38.1. The molecule has 3 rings (SSSR count). The molecule has 6 nitrogen and oxygen atoms in total. The largest absolute Gasteiger partial charge is 0.348 e. The Bertz CT molecular complexity index is 638. The molecule has 0 aromatic heterocycles. The summed E-state index contributed by atoms with van der Waals surface area (Å²) in [6.45, 7) is 1.64. The molecule has 2 fully saturated rings. The molecule has 1 aliphatic carbocycles. The number of rotatable bonds is 4. The highest BCUT2D eigenvalue weighted by Crippen LogP contribution is 2.33. The molecule has 4 amide bonds. The molecule has 1 atom stereocenters. The van der Waals surface area contributed by atoms with Gasteiger partial charge < -0.3 is 10.6 Å². The lowest BCUT2D eigenvalue weighted by Gasteiger charge is -2.30. The number of imide groups is 1. The lowest BCUT2D eigenvalue weighted by molar-refractivity contribution is -0.136. The second kappa shape index (κ2) is 6.63. The Morgan fingerprint density at radius 3 is 2.54 bits per heavy atom. The molecule has 1 spiro atoms. The van der Waals surface area contributed by atoms with Crippen LogP contribution in [0, 0.1) is 0 Å². The summed E-state index contributed by atoms with van der Waals surface area (Å²) in [5.41, 5.74) is 0.201. The molecule has 128 valence electrons. The Labute approximate surface area is 141 Å². The normalized spacial score (nSPS) is 20.8. The maximum Gasteiger partial charge on any atom is 0.325 e. The Morgan fingerprint density at radius 2 is 1.88 bits per heavy atom. The minimum atomic E-state index is -0.777. The molecule has 1 saturated carbocycles. The molecular weight excluding hydrogens is 306 g/mol. The van der Waals surface area contributed by atoms with Crippen molar-refractivity contribution in [2.45, 2.75) is 50.6 Å². The summed E-state index contributed by atoms with van der Waals surface area (Å²) >= 11 is 0. The number of carbonyl (C=O) groups excluding carboxylic acids is 3. The molecule has 1 aromatic rings. The van der Waals surface area contributed by atoms with E-state index in [1.807, 2.05) is 37.3 Å². The standard InChI is InChI=1S/C18H23N3O3/c1-13(14-8-4-2-5-9-14)19-15(22)12-21-16(23)18(20-17(21)24)10-6-3-7-11-18/h2,4-5,8-9,13H,3,6-7,10-12H2,1H3,(H,19,22)(H,20,24)/t13-/m0/s1. The van der Waals surface area contributed by atoms with Crippen molar-refractivity contribution >= 4 is 17.8 Å². The van der Waals surface area contributed by atoms with Gasteiger partial charge in [-0.25, -0.2) is 4.79 Å². The van der Waals surface area contributed by atoms with Crippen LogP contribution in [0.15, 0.2) is 30.3 Å². The molecule has 1 heterocycles. The van der Waals surface area contributed by atoms with Crippen LogP contribution >= 0.6 is 0 Å². The Kier molecular flexibility index (Phi) is 4.55. The van der Waals surface area contributed by atoms with Gasteiger partial charge in [-0.05, 0) is 25.3 Å². The number of benzene rings is 1. The minimum Gasteiger partial charge on any atom is -0.348 e. The molecule has 0 unspecified atom stereocenters. The van der Waals surface area contributed by atoms with Crippen LogP contribution in [0.4, 0.5) is 4.79 Å². The van der Waals surface area contributed by atoms with Crippen molar-refractivity contribution in [3.8, 4) is 0 Å². The van der Waals surface area contributed by atoms with Crippen molar-refractivity contribution in [2.75, 3.05) is 6.54 Å². The highest BCUT2D eigenvalue weighted by atomic mass is 16.2. The highest BCUT2D eigenvalue weighted by molar-refractivity contribution is 6.09. The molecule has 6 heteroatoms. The second-order valence-electron chi connectivity index (χ2n) is 6.66.